The quantitative estimate of drug-likeness (QED) is 0.0775. The third kappa shape index (κ3) is 6.20. The summed E-state index contributed by atoms with van der Waals surface area (Å²) in [4.78, 5) is 38.3. The van der Waals surface area contributed by atoms with Gasteiger partial charge in [-0.05, 0) is 97.7 Å². The van der Waals surface area contributed by atoms with Gasteiger partial charge in [0.15, 0.2) is 0 Å². The van der Waals surface area contributed by atoms with Crippen molar-refractivity contribution >= 4 is 34.3 Å². The molecule has 0 saturated heterocycles. The highest BCUT2D eigenvalue weighted by Gasteiger charge is 2.27. The van der Waals surface area contributed by atoms with E-state index in [4.69, 9.17) is 14.2 Å². The Bertz CT molecular complexity index is 1640. The Morgan fingerprint density at radius 3 is 2.19 bits per heavy atom. The molecule has 7 heteroatoms. The Labute approximate surface area is 245 Å². The number of benzene rings is 4. The van der Waals surface area contributed by atoms with Crippen molar-refractivity contribution < 1.29 is 28.6 Å². The fourth-order valence-electron chi connectivity index (χ4n) is 4.98. The molecule has 0 atom stereocenters. The maximum Gasteiger partial charge on any atom is 0.343 e. The zero-order chi connectivity index (χ0) is 29.6. The summed E-state index contributed by atoms with van der Waals surface area (Å²) in [7, 11) is 1.79. The second-order valence-corrected chi connectivity index (χ2v) is 10.3. The van der Waals surface area contributed by atoms with Crippen LogP contribution in [-0.4, -0.2) is 38.1 Å². The molecule has 1 heterocycles. The van der Waals surface area contributed by atoms with Crippen LogP contribution < -0.4 is 14.4 Å². The summed E-state index contributed by atoms with van der Waals surface area (Å²) in [6.45, 7) is 6.16. The number of unbranched alkanes of at least 4 members (excludes halogenated alkanes) is 3. The minimum Gasteiger partial charge on any atom is -0.494 e. The standard InChI is InChI=1S/C35H33NO6/c1-23(2)34(38)41-22-7-5-4-6-21-40-26-15-13-25(14-16-26)35(39)42-27-17-11-24(12-18-27)28-19-20-31-32-29(28)9-8-10-30(32)33(37)36(31)3/h8-20H,1,4-7,21-22H2,2-3H3. The van der Waals surface area contributed by atoms with Crippen molar-refractivity contribution in [3.05, 3.63) is 102 Å². The highest BCUT2D eigenvalue weighted by molar-refractivity contribution is 6.26. The van der Waals surface area contributed by atoms with E-state index in [0.29, 0.717) is 41.4 Å². The van der Waals surface area contributed by atoms with Crippen molar-refractivity contribution in [2.24, 2.45) is 0 Å². The van der Waals surface area contributed by atoms with Gasteiger partial charge in [0, 0.05) is 23.6 Å². The molecule has 0 bridgehead atoms. The molecule has 4 aromatic rings. The van der Waals surface area contributed by atoms with Crippen molar-refractivity contribution in [3.8, 4) is 22.6 Å². The van der Waals surface area contributed by atoms with E-state index in [1.807, 2.05) is 42.5 Å². The minimum atomic E-state index is -0.450. The Balaban J connectivity index is 1.11. The molecule has 0 unspecified atom stereocenters. The third-order valence-electron chi connectivity index (χ3n) is 7.27. The molecule has 0 N–H and O–H groups in total. The highest BCUT2D eigenvalue weighted by atomic mass is 16.5. The van der Waals surface area contributed by atoms with Crippen molar-refractivity contribution in [1.82, 2.24) is 0 Å². The zero-order valence-electron chi connectivity index (χ0n) is 23.9. The number of hydrogen-bond donors (Lipinski definition) is 0. The van der Waals surface area contributed by atoms with Gasteiger partial charge in [-0.1, -0.05) is 36.9 Å². The molecule has 0 fully saturated rings. The van der Waals surface area contributed by atoms with Crippen molar-refractivity contribution in [2.45, 2.75) is 32.6 Å². The van der Waals surface area contributed by atoms with Crippen LogP contribution in [0.2, 0.25) is 0 Å². The summed E-state index contributed by atoms with van der Waals surface area (Å²) in [6, 6.07) is 24.1. The maximum atomic E-state index is 12.7. The molecule has 4 aromatic carbocycles. The van der Waals surface area contributed by atoms with Crippen molar-refractivity contribution in [3.63, 3.8) is 0 Å². The van der Waals surface area contributed by atoms with Crippen LogP contribution in [0.25, 0.3) is 21.9 Å². The van der Waals surface area contributed by atoms with Crippen molar-refractivity contribution in [2.75, 3.05) is 25.2 Å². The molecular weight excluding hydrogens is 530 g/mol. The lowest BCUT2D eigenvalue weighted by Gasteiger charge is -2.12. The van der Waals surface area contributed by atoms with Gasteiger partial charge in [0.1, 0.15) is 11.5 Å². The average Bonchev–Trinajstić information content (AvgIpc) is 3.25. The summed E-state index contributed by atoms with van der Waals surface area (Å²) >= 11 is 0. The normalized spacial score (nSPS) is 12.0. The van der Waals surface area contributed by atoms with Gasteiger partial charge in [-0.25, -0.2) is 9.59 Å². The lowest BCUT2D eigenvalue weighted by molar-refractivity contribution is -0.139. The molecule has 5 rings (SSSR count). The SMILES string of the molecule is C=C(C)C(=O)OCCCCCCOc1ccc(C(=O)Oc2ccc(-c3ccc4c5c(cccc35)C(=O)N4C)cc2)cc1. The van der Waals surface area contributed by atoms with Crippen LogP contribution in [0.4, 0.5) is 5.69 Å². The largest absolute Gasteiger partial charge is 0.494 e. The third-order valence-corrected chi connectivity index (χ3v) is 7.27. The fraction of sp³-hybridized carbons (Fsp3) is 0.229. The zero-order valence-corrected chi connectivity index (χ0v) is 23.9. The minimum absolute atomic E-state index is 0.00192. The maximum absolute atomic E-state index is 12.7. The second-order valence-electron chi connectivity index (χ2n) is 10.3. The Kier molecular flexibility index (Phi) is 8.67. The molecule has 0 saturated carbocycles. The average molecular weight is 564 g/mol. The number of anilines is 1. The first-order chi connectivity index (χ1) is 20.3. The number of nitrogens with zero attached hydrogens (tertiary/aromatic N) is 1. The van der Waals surface area contributed by atoms with Gasteiger partial charge >= 0.3 is 11.9 Å². The lowest BCUT2D eigenvalue weighted by atomic mass is 9.96. The molecule has 7 nitrogen and oxygen atoms in total. The molecule has 0 radical (unpaired) electrons. The van der Waals surface area contributed by atoms with E-state index in [9.17, 15) is 14.4 Å². The first-order valence-electron chi connectivity index (χ1n) is 14.1. The Morgan fingerprint density at radius 2 is 1.48 bits per heavy atom. The van der Waals surface area contributed by atoms with Gasteiger partial charge in [-0.2, -0.15) is 0 Å². The number of hydrogen-bond acceptors (Lipinski definition) is 6. The predicted molar refractivity (Wildman–Crippen MR) is 163 cm³/mol. The van der Waals surface area contributed by atoms with E-state index in [-0.39, 0.29) is 11.9 Å². The molecule has 0 aliphatic carbocycles. The van der Waals surface area contributed by atoms with Crippen LogP contribution >= 0.6 is 0 Å². The van der Waals surface area contributed by atoms with Crippen LogP contribution in [0.3, 0.4) is 0 Å². The van der Waals surface area contributed by atoms with Gasteiger partial charge in [-0.15, -0.1) is 0 Å². The summed E-state index contributed by atoms with van der Waals surface area (Å²) in [5.41, 5.74) is 4.44. The summed E-state index contributed by atoms with van der Waals surface area (Å²) in [5, 5.41) is 1.97. The van der Waals surface area contributed by atoms with Crippen LogP contribution in [0, 0.1) is 0 Å². The summed E-state index contributed by atoms with van der Waals surface area (Å²) in [6.07, 6.45) is 3.60. The van der Waals surface area contributed by atoms with Gasteiger partial charge < -0.3 is 19.1 Å². The molecule has 0 spiro atoms. The Morgan fingerprint density at radius 1 is 0.786 bits per heavy atom. The molecule has 214 valence electrons. The number of amides is 1. The van der Waals surface area contributed by atoms with E-state index < -0.39 is 5.97 Å². The van der Waals surface area contributed by atoms with Gasteiger partial charge in [0.25, 0.3) is 5.91 Å². The van der Waals surface area contributed by atoms with Gasteiger partial charge in [0.2, 0.25) is 0 Å². The van der Waals surface area contributed by atoms with Crippen LogP contribution in [0.1, 0.15) is 53.3 Å². The fourth-order valence-corrected chi connectivity index (χ4v) is 4.98. The summed E-state index contributed by atoms with van der Waals surface area (Å²) in [5.74, 6) is 0.334. The smallest absolute Gasteiger partial charge is 0.343 e. The molecular formula is C35H33NO6. The molecule has 1 aliphatic heterocycles. The summed E-state index contributed by atoms with van der Waals surface area (Å²) < 4.78 is 16.5. The van der Waals surface area contributed by atoms with E-state index in [1.54, 1.807) is 55.3 Å². The van der Waals surface area contributed by atoms with Crippen LogP contribution in [-0.2, 0) is 9.53 Å². The number of rotatable bonds is 12. The van der Waals surface area contributed by atoms with E-state index in [1.165, 1.54) is 0 Å². The molecule has 1 amide bonds. The number of carbonyl (C=O) groups is 3. The molecule has 1 aliphatic rings. The topological polar surface area (TPSA) is 82.1 Å². The lowest BCUT2D eigenvalue weighted by Crippen LogP contribution is -2.20. The first kappa shape index (κ1) is 28.6. The van der Waals surface area contributed by atoms with E-state index >= 15 is 0 Å². The van der Waals surface area contributed by atoms with Crippen LogP contribution in [0.15, 0.2) is 91.0 Å². The number of esters is 2. The molecule has 42 heavy (non-hydrogen) atoms. The molecule has 0 aromatic heterocycles. The van der Waals surface area contributed by atoms with E-state index in [0.717, 1.165) is 53.3 Å². The van der Waals surface area contributed by atoms with E-state index in [2.05, 4.69) is 6.58 Å². The monoisotopic (exact) mass is 563 g/mol. The second kappa shape index (κ2) is 12.7. The van der Waals surface area contributed by atoms with Gasteiger partial charge in [0.05, 0.1) is 24.5 Å². The predicted octanol–water partition coefficient (Wildman–Crippen LogP) is 7.37. The van der Waals surface area contributed by atoms with Crippen molar-refractivity contribution in [1.29, 1.82) is 0 Å². The highest BCUT2D eigenvalue weighted by Crippen LogP contribution is 2.41. The Hall–Kier alpha value is -4.91. The number of ether oxygens (including phenoxy) is 3. The van der Waals surface area contributed by atoms with Crippen LogP contribution in [0.5, 0.6) is 11.5 Å². The van der Waals surface area contributed by atoms with Gasteiger partial charge in [-0.3, -0.25) is 4.79 Å². The first-order valence-corrected chi connectivity index (χ1v) is 14.1. The number of carbonyl (C=O) groups excluding carboxylic acids is 3.